The van der Waals surface area contributed by atoms with Crippen LogP contribution in [-0.2, 0) is 0 Å². The second-order valence-electron chi connectivity index (χ2n) is 5.55. The van der Waals surface area contributed by atoms with Gasteiger partial charge < -0.3 is 10.6 Å². The van der Waals surface area contributed by atoms with Crippen LogP contribution in [0.5, 0.6) is 0 Å². The molecule has 2 rings (SSSR count). The molecular formula is C16H20FN3O. The van der Waals surface area contributed by atoms with Crippen LogP contribution in [0.1, 0.15) is 44.9 Å². The van der Waals surface area contributed by atoms with Gasteiger partial charge in [-0.1, -0.05) is 38.2 Å². The summed E-state index contributed by atoms with van der Waals surface area (Å²) in [6.07, 6.45) is 6.59. The summed E-state index contributed by atoms with van der Waals surface area (Å²) < 4.78 is 13.1. The molecule has 0 spiro atoms. The molecule has 2 N–H and O–H groups in total. The lowest BCUT2D eigenvalue weighted by Crippen LogP contribution is -2.49. The van der Waals surface area contributed by atoms with Crippen LogP contribution in [0.2, 0.25) is 0 Å². The number of amides is 2. The molecule has 1 aromatic rings. The van der Waals surface area contributed by atoms with Crippen LogP contribution in [0, 0.1) is 17.1 Å². The van der Waals surface area contributed by atoms with E-state index >= 15 is 0 Å². The van der Waals surface area contributed by atoms with Crippen molar-refractivity contribution in [2.45, 2.75) is 50.5 Å². The first-order chi connectivity index (χ1) is 10.1. The fourth-order valence-electron chi connectivity index (χ4n) is 2.72. The minimum Gasteiger partial charge on any atom is -0.319 e. The molecule has 0 heterocycles. The first-order valence-corrected chi connectivity index (χ1v) is 7.40. The van der Waals surface area contributed by atoms with Crippen molar-refractivity contribution in [3.63, 3.8) is 0 Å². The van der Waals surface area contributed by atoms with E-state index in [1.807, 2.05) is 0 Å². The monoisotopic (exact) mass is 289 g/mol. The first-order valence-electron chi connectivity index (χ1n) is 7.40. The molecule has 0 bridgehead atoms. The number of carbonyl (C=O) groups is 1. The highest BCUT2D eigenvalue weighted by Crippen LogP contribution is 2.26. The van der Waals surface area contributed by atoms with Gasteiger partial charge in [0.1, 0.15) is 11.4 Å². The van der Waals surface area contributed by atoms with E-state index in [1.54, 1.807) is 6.07 Å². The Morgan fingerprint density at radius 1 is 1.19 bits per heavy atom. The van der Waals surface area contributed by atoms with E-state index in [4.69, 9.17) is 0 Å². The number of nitriles is 1. The molecule has 1 saturated carbocycles. The van der Waals surface area contributed by atoms with E-state index in [0.717, 1.165) is 25.7 Å². The molecule has 21 heavy (non-hydrogen) atoms. The van der Waals surface area contributed by atoms with Gasteiger partial charge in [-0.05, 0) is 31.0 Å². The fraction of sp³-hybridized carbons (Fsp3) is 0.500. The van der Waals surface area contributed by atoms with Crippen LogP contribution < -0.4 is 10.6 Å². The zero-order chi connectivity index (χ0) is 15.1. The lowest BCUT2D eigenvalue weighted by molar-refractivity contribution is 0.236. The molecule has 0 unspecified atom stereocenters. The van der Waals surface area contributed by atoms with E-state index in [0.29, 0.717) is 18.5 Å². The average molecular weight is 289 g/mol. The predicted octanol–water partition coefficient (Wildman–Crippen LogP) is 3.95. The van der Waals surface area contributed by atoms with E-state index in [-0.39, 0.29) is 0 Å². The normalized spacial score (nSPS) is 17.9. The molecule has 0 radical (unpaired) electrons. The summed E-state index contributed by atoms with van der Waals surface area (Å²) >= 11 is 0. The van der Waals surface area contributed by atoms with Crippen LogP contribution in [-0.4, -0.2) is 11.6 Å². The Morgan fingerprint density at radius 2 is 1.86 bits per heavy atom. The summed E-state index contributed by atoms with van der Waals surface area (Å²) in [5.74, 6) is -0.409. The number of halogens is 1. The lowest BCUT2D eigenvalue weighted by Gasteiger charge is -2.29. The summed E-state index contributed by atoms with van der Waals surface area (Å²) in [6.45, 7) is 0. The van der Waals surface area contributed by atoms with E-state index < -0.39 is 17.4 Å². The van der Waals surface area contributed by atoms with Gasteiger partial charge in [0, 0.05) is 5.69 Å². The van der Waals surface area contributed by atoms with E-state index in [1.165, 1.54) is 24.6 Å². The van der Waals surface area contributed by atoms with Crippen LogP contribution in [0.3, 0.4) is 0 Å². The highest BCUT2D eigenvalue weighted by Gasteiger charge is 2.31. The molecule has 112 valence electrons. The first kappa shape index (κ1) is 15.3. The number of carbonyl (C=O) groups excluding carboxylic acids is 1. The Bertz CT molecular complexity index is 531. The van der Waals surface area contributed by atoms with Crippen molar-refractivity contribution in [2.24, 2.45) is 0 Å². The molecule has 1 fully saturated rings. The minimum absolute atomic E-state index is 0.381. The second kappa shape index (κ2) is 7.07. The van der Waals surface area contributed by atoms with Gasteiger partial charge in [0.2, 0.25) is 0 Å². The molecule has 0 saturated heterocycles. The summed E-state index contributed by atoms with van der Waals surface area (Å²) in [5.41, 5.74) is -0.427. The Kier molecular flexibility index (Phi) is 5.15. The number of nitrogens with one attached hydrogen (secondary N) is 2. The third kappa shape index (κ3) is 4.45. The van der Waals surface area contributed by atoms with Gasteiger partial charge in [-0.25, -0.2) is 9.18 Å². The van der Waals surface area contributed by atoms with Crippen LogP contribution >= 0.6 is 0 Å². The molecule has 0 atom stereocenters. The highest BCUT2D eigenvalue weighted by atomic mass is 19.1. The fourth-order valence-corrected chi connectivity index (χ4v) is 2.72. The molecule has 4 nitrogen and oxygen atoms in total. The Morgan fingerprint density at radius 3 is 2.48 bits per heavy atom. The highest BCUT2D eigenvalue weighted by molar-refractivity contribution is 5.90. The van der Waals surface area contributed by atoms with Crippen LogP contribution in [0.25, 0.3) is 0 Å². The number of urea groups is 1. The molecule has 1 aliphatic carbocycles. The maximum Gasteiger partial charge on any atom is 0.320 e. The van der Waals surface area contributed by atoms with Gasteiger partial charge >= 0.3 is 6.03 Å². The lowest BCUT2D eigenvalue weighted by atomic mass is 9.85. The number of hydrogen-bond acceptors (Lipinski definition) is 2. The van der Waals surface area contributed by atoms with E-state index in [9.17, 15) is 14.4 Å². The Labute approximate surface area is 124 Å². The number of hydrogen-bond donors (Lipinski definition) is 2. The molecule has 2 amide bonds. The van der Waals surface area contributed by atoms with E-state index in [2.05, 4.69) is 16.7 Å². The standard InChI is InChI=1S/C16H20FN3O/c17-13-7-6-8-14(11-13)19-15(21)20-16(12-18)9-4-2-1-3-5-10-16/h6-8,11H,1-5,9-10H2,(H2,19,20,21). The maximum absolute atomic E-state index is 13.1. The number of rotatable bonds is 2. The summed E-state index contributed by atoms with van der Waals surface area (Å²) in [5, 5.41) is 14.8. The van der Waals surface area contributed by atoms with Crippen molar-refractivity contribution in [1.29, 1.82) is 5.26 Å². The van der Waals surface area contributed by atoms with Gasteiger partial charge in [0.05, 0.1) is 6.07 Å². The zero-order valence-electron chi connectivity index (χ0n) is 12.0. The predicted molar refractivity (Wildman–Crippen MR) is 79.2 cm³/mol. The van der Waals surface area contributed by atoms with Crippen LogP contribution in [0.15, 0.2) is 24.3 Å². The van der Waals surface area contributed by atoms with Crippen molar-refractivity contribution in [3.05, 3.63) is 30.1 Å². The number of anilines is 1. The maximum atomic E-state index is 13.1. The molecule has 1 aromatic carbocycles. The van der Waals surface area contributed by atoms with Crippen molar-refractivity contribution in [2.75, 3.05) is 5.32 Å². The molecule has 1 aliphatic rings. The second-order valence-corrected chi connectivity index (χ2v) is 5.55. The summed E-state index contributed by atoms with van der Waals surface area (Å²) in [6, 6.07) is 7.51. The van der Waals surface area contributed by atoms with Gasteiger partial charge in [-0.3, -0.25) is 0 Å². The average Bonchev–Trinajstić information content (AvgIpc) is 2.42. The van der Waals surface area contributed by atoms with Gasteiger partial charge in [-0.2, -0.15) is 5.26 Å². The minimum atomic E-state index is -0.808. The van der Waals surface area contributed by atoms with Crippen molar-refractivity contribution < 1.29 is 9.18 Å². The number of benzene rings is 1. The SMILES string of the molecule is N#CC1(NC(=O)Nc2cccc(F)c2)CCCCCCC1. The Balaban J connectivity index is 2.00. The van der Waals surface area contributed by atoms with Crippen molar-refractivity contribution in [1.82, 2.24) is 5.32 Å². The molecule has 0 aromatic heterocycles. The largest absolute Gasteiger partial charge is 0.320 e. The molecule has 5 heteroatoms. The quantitative estimate of drug-likeness (QED) is 0.865. The summed E-state index contributed by atoms with van der Waals surface area (Å²) in [7, 11) is 0. The topological polar surface area (TPSA) is 64.9 Å². The number of nitrogens with zero attached hydrogens (tertiary/aromatic N) is 1. The zero-order valence-corrected chi connectivity index (χ0v) is 12.0. The van der Waals surface area contributed by atoms with Crippen molar-refractivity contribution >= 4 is 11.7 Å². The molecule has 0 aliphatic heterocycles. The third-order valence-corrected chi connectivity index (χ3v) is 3.86. The third-order valence-electron chi connectivity index (χ3n) is 3.86. The smallest absolute Gasteiger partial charge is 0.319 e. The van der Waals surface area contributed by atoms with Crippen molar-refractivity contribution in [3.8, 4) is 6.07 Å². The van der Waals surface area contributed by atoms with Gasteiger partial charge in [0.15, 0.2) is 0 Å². The summed E-state index contributed by atoms with van der Waals surface area (Å²) in [4.78, 5) is 12.1. The van der Waals surface area contributed by atoms with Crippen LogP contribution in [0.4, 0.5) is 14.9 Å². The van der Waals surface area contributed by atoms with Gasteiger partial charge in [0.25, 0.3) is 0 Å². The molecular weight excluding hydrogens is 269 g/mol. The Hall–Kier alpha value is -2.09. The van der Waals surface area contributed by atoms with Gasteiger partial charge in [-0.15, -0.1) is 0 Å².